The van der Waals surface area contributed by atoms with Crippen LogP contribution < -0.4 is 0 Å². The lowest BCUT2D eigenvalue weighted by atomic mass is 9.84. The fourth-order valence-electron chi connectivity index (χ4n) is 2.32. The van der Waals surface area contributed by atoms with Crippen LogP contribution in [0.1, 0.15) is 47.0 Å². The fourth-order valence-corrected chi connectivity index (χ4v) is 4.46. The topological polar surface area (TPSA) is 40.9 Å². The molecule has 1 N–H and O–H groups in total. The third-order valence-corrected chi connectivity index (χ3v) is 6.49. The maximum atomic E-state index is 12.3. The van der Waals surface area contributed by atoms with Crippen molar-refractivity contribution < 1.29 is 4.21 Å². The molecule has 84 valence electrons. The molecule has 3 heteroatoms. The van der Waals surface area contributed by atoms with Gasteiger partial charge in [0.15, 0.2) is 0 Å². The van der Waals surface area contributed by atoms with E-state index in [9.17, 15) is 4.21 Å². The Kier molecular flexibility index (Phi) is 3.62. The van der Waals surface area contributed by atoms with Gasteiger partial charge in [-0.25, -0.2) is 4.21 Å². The van der Waals surface area contributed by atoms with Gasteiger partial charge in [-0.05, 0) is 24.7 Å². The highest BCUT2D eigenvalue weighted by molar-refractivity contribution is 7.93. The smallest absolute Gasteiger partial charge is 0.0497 e. The summed E-state index contributed by atoms with van der Waals surface area (Å²) in [5.74, 6) is 1.12. The van der Waals surface area contributed by atoms with Crippen LogP contribution in [0, 0.1) is 16.6 Å². The van der Waals surface area contributed by atoms with Gasteiger partial charge in [-0.1, -0.05) is 34.1 Å². The third-order valence-electron chi connectivity index (χ3n) is 3.53. The van der Waals surface area contributed by atoms with E-state index < -0.39 is 9.73 Å². The zero-order chi connectivity index (χ0) is 10.9. The molecule has 4 unspecified atom stereocenters. The zero-order valence-electron chi connectivity index (χ0n) is 9.75. The van der Waals surface area contributed by atoms with Crippen molar-refractivity contribution in [1.29, 1.82) is 4.78 Å². The summed E-state index contributed by atoms with van der Waals surface area (Å²) in [5.41, 5.74) is 0. The van der Waals surface area contributed by atoms with Gasteiger partial charge in [-0.2, -0.15) is 0 Å². The molecule has 1 aliphatic carbocycles. The van der Waals surface area contributed by atoms with Crippen LogP contribution in [0.5, 0.6) is 0 Å². The fraction of sp³-hybridized carbons (Fsp3) is 1.00. The first-order valence-corrected chi connectivity index (χ1v) is 7.30. The first kappa shape index (κ1) is 12.0. The van der Waals surface area contributed by atoms with E-state index in [1.165, 1.54) is 6.42 Å². The molecule has 0 heterocycles. The quantitative estimate of drug-likeness (QED) is 0.757. The van der Waals surface area contributed by atoms with Crippen LogP contribution in [0.15, 0.2) is 0 Å². The van der Waals surface area contributed by atoms with E-state index in [1.807, 2.05) is 13.8 Å². The molecule has 0 saturated heterocycles. The molecule has 1 fully saturated rings. The van der Waals surface area contributed by atoms with Gasteiger partial charge in [-0.3, -0.25) is 4.78 Å². The van der Waals surface area contributed by atoms with Crippen molar-refractivity contribution in [3.8, 4) is 0 Å². The predicted molar refractivity (Wildman–Crippen MR) is 62.0 cm³/mol. The molecular weight excluding hydrogens is 194 g/mol. The van der Waals surface area contributed by atoms with Crippen molar-refractivity contribution in [3.63, 3.8) is 0 Å². The Morgan fingerprint density at radius 3 is 2.36 bits per heavy atom. The van der Waals surface area contributed by atoms with Crippen LogP contribution in [-0.4, -0.2) is 14.7 Å². The van der Waals surface area contributed by atoms with E-state index in [1.54, 1.807) is 0 Å². The highest BCUT2D eigenvalue weighted by atomic mass is 32.2. The molecule has 0 aromatic rings. The molecule has 0 bridgehead atoms. The van der Waals surface area contributed by atoms with Gasteiger partial charge in [0.1, 0.15) is 0 Å². The van der Waals surface area contributed by atoms with Gasteiger partial charge < -0.3 is 0 Å². The molecule has 0 radical (unpaired) electrons. The van der Waals surface area contributed by atoms with Gasteiger partial charge in [0.05, 0.1) is 0 Å². The lowest BCUT2D eigenvalue weighted by Crippen LogP contribution is -2.37. The SMILES string of the molecule is CC1CCC(C)C(S(=N)(=O)C(C)C)C1. The standard InChI is InChI=1S/C11H23NOS/c1-8(2)14(12,13)11-7-9(3)5-6-10(11)4/h8-12H,5-7H2,1-4H3. The summed E-state index contributed by atoms with van der Waals surface area (Å²) in [6.07, 6.45) is 3.38. The second-order valence-electron chi connectivity index (χ2n) is 5.13. The number of hydrogen-bond donors (Lipinski definition) is 1. The monoisotopic (exact) mass is 217 g/mol. The second-order valence-corrected chi connectivity index (χ2v) is 7.97. The lowest BCUT2D eigenvalue weighted by Gasteiger charge is -2.35. The Hall–Kier alpha value is -0.0500. The molecule has 1 aliphatic rings. The minimum Gasteiger partial charge on any atom is -0.252 e. The Morgan fingerprint density at radius 2 is 1.86 bits per heavy atom. The summed E-state index contributed by atoms with van der Waals surface area (Å²) in [5, 5.41) is 0.131. The van der Waals surface area contributed by atoms with Gasteiger partial charge in [0.25, 0.3) is 0 Å². The van der Waals surface area contributed by atoms with Crippen LogP contribution in [0.25, 0.3) is 0 Å². The second kappa shape index (κ2) is 4.21. The summed E-state index contributed by atoms with van der Waals surface area (Å²) in [7, 11) is -2.38. The van der Waals surface area contributed by atoms with E-state index in [0.29, 0.717) is 11.8 Å². The first-order valence-electron chi connectivity index (χ1n) is 5.62. The summed E-state index contributed by atoms with van der Waals surface area (Å²) in [6.45, 7) is 8.21. The van der Waals surface area contributed by atoms with Gasteiger partial charge in [-0.15, -0.1) is 0 Å². The van der Waals surface area contributed by atoms with Crippen LogP contribution in [0.4, 0.5) is 0 Å². The molecule has 1 saturated carbocycles. The molecule has 4 atom stereocenters. The van der Waals surface area contributed by atoms with Crippen LogP contribution in [0.3, 0.4) is 0 Å². The van der Waals surface area contributed by atoms with Gasteiger partial charge in [0.2, 0.25) is 0 Å². The molecule has 0 aromatic heterocycles. The molecule has 1 rings (SSSR count). The van der Waals surface area contributed by atoms with Gasteiger partial charge >= 0.3 is 0 Å². The van der Waals surface area contributed by atoms with Crippen molar-refractivity contribution in [2.24, 2.45) is 11.8 Å². The van der Waals surface area contributed by atoms with Gasteiger partial charge in [0, 0.05) is 20.2 Å². The van der Waals surface area contributed by atoms with E-state index in [0.717, 1.165) is 12.8 Å². The van der Waals surface area contributed by atoms with E-state index in [4.69, 9.17) is 4.78 Å². The van der Waals surface area contributed by atoms with Crippen molar-refractivity contribution in [3.05, 3.63) is 0 Å². The van der Waals surface area contributed by atoms with Crippen LogP contribution in [0.2, 0.25) is 0 Å². The average Bonchev–Trinajstić information content (AvgIpc) is 2.08. The number of nitrogens with one attached hydrogen (secondary N) is 1. The van der Waals surface area contributed by atoms with E-state index >= 15 is 0 Å². The largest absolute Gasteiger partial charge is 0.252 e. The summed E-state index contributed by atoms with van der Waals surface area (Å²) < 4.78 is 20.3. The van der Waals surface area contributed by atoms with E-state index in [2.05, 4.69) is 13.8 Å². The molecule has 14 heavy (non-hydrogen) atoms. The maximum absolute atomic E-state index is 12.3. The molecule has 0 amide bonds. The predicted octanol–water partition coefficient (Wildman–Crippen LogP) is 3.27. The summed E-state index contributed by atoms with van der Waals surface area (Å²) in [6, 6.07) is 0. The van der Waals surface area contributed by atoms with Crippen molar-refractivity contribution in [1.82, 2.24) is 0 Å². The number of rotatable bonds is 2. The molecule has 2 nitrogen and oxygen atoms in total. The van der Waals surface area contributed by atoms with Crippen molar-refractivity contribution in [2.75, 3.05) is 0 Å². The Morgan fingerprint density at radius 1 is 1.29 bits per heavy atom. The summed E-state index contributed by atoms with van der Waals surface area (Å²) in [4.78, 5) is 0. The minimum atomic E-state index is -2.38. The zero-order valence-corrected chi connectivity index (χ0v) is 10.6. The molecule has 0 spiro atoms. The molecule has 0 aromatic carbocycles. The Labute approximate surface area is 88.5 Å². The molecular formula is C11H23NOS. The molecule has 0 aliphatic heterocycles. The Bertz CT molecular complexity index is 282. The summed E-state index contributed by atoms with van der Waals surface area (Å²) >= 11 is 0. The van der Waals surface area contributed by atoms with Crippen LogP contribution >= 0.6 is 0 Å². The average molecular weight is 217 g/mol. The highest BCUT2D eigenvalue weighted by Gasteiger charge is 2.34. The Balaban J connectivity index is 2.85. The highest BCUT2D eigenvalue weighted by Crippen LogP contribution is 2.34. The minimum absolute atomic E-state index is 0.000231. The normalized spacial score (nSPS) is 38.2. The first-order chi connectivity index (χ1) is 6.35. The van der Waals surface area contributed by atoms with Crippen molar-refractivity contribution >= 4 is 9.73 Å². The van der Waals surface area contributed by atoms with E-state index in [-0.39, 0.29) is 10.5 Å². The van der Waals surface area contributed by atoms with Crippen LogP contribution in [-0.2, 0) is 9.73 Å². The lowest BCUT2D eigenvalue weighted by molar-refractivity contribution is 0.311. The third kappa shape index (κ3) is 2.30. The maximum Gasteiger partial charge on any atom is 0.0497 e. The van der Waals surface area contributed by atoms with Crippen molar-refractivity contribution in [2.45, 2.75) is 57.5 Å². The number of hydrogen-bond acceptors (Lipinski definition) is 2.